The largest absolute Gasteiger partial charge is 0.395 e. The van der Waals surface area contributed by atoms with Crippen LogP contribution in [0.4, 0.5) is 0 Å². The minimum absolute atomic E-state index is 0.000130. The third kappa shape index (κ3) is 3.36. The number of aliphatic hydroxyl groups excluding tert-OH is 1. The lowest BCUT2D eigenvalue weighted by Crippen LogP contribution is -2.36. The van der Waals surface area contributed by atoms with Gasteiger partial charge in [-0.1, -0.05) is 25.5 Å². The standard InChI is InChI=1S/C15H21N3O2/c1-2-3-8-17(9-10-19)15(20)11-18-12-16-13-6-4-5-7-14(13)18/h4-7,12,19H,2-3,8-11H2,1H3. The molecule has 0 unspecified atom stereocenters. The number of unbranched alkanes of at least 4 members (excludes halogenated alkanes) is 1. The van der Waals surface area contributed by atoms with Gasteiger partial charge in [0.15, 0.2) is 0 Å². The van der Waals surface area contributed by atoms with E-state index in [-0.39, 0.29) is 19.1 Å². The van der Waals surface area contributed by atoms with Gasteiger partial charge in [0, 0.05) is 13.1 Å². The molecule has 5 heteroatoms. The van der Waals surface area contributed by atoms with Crippen molar-refractivity contribution < 1.29 is 9.90 Å². The van der Waals surface area contributed by atoms with Gasteiger partial charge < -0.3 is 14.6 Å². The first kappa shape index (κ1) is 14.5. The van der Waals surface area contributed by atoms with Gasteiger partial charge in [-0.3, -0.25) is 4.79 Å². The Morgan fingerprint density at radius 2 is 2.15 bits per heavy atom. The number of amides is 1. The van der Waals surface area contributed by atoms with Gasteiger partial charge in [0.1, 0.15) is 6.54 Å². The number of para-hydroxylation sites is 2. The van der Waals surface area contributed by atoms with Crippen LogP contribution in [-0.2, 0) is 11.3 Å². The van der Waals surface area contributed by atoms with Crippen molar-refractivity contribution in [2.24, 2.45) is 0 Å². The molecule has 0 fully saturated rings. The lowest BCUT2D eigenvalue weighted by Gasteiger charge is -2.21. The molecule has 0 radical (unpaired) electrons. The Bertz CT molecular complexity index is 565. The number of carbonyl (C=O) groups is 1. The number of aromatic nitrogens is 2. The van der Waals surface area contributed by atoms with Gasteiger partial charge in [0.25, 0.3) is 0 Å². The van der Waals surface area contributed by atoms with Crippen molar-refractivity contribution in [3.63, 3.8) is 0 Å². The van der Waals surface area contributed by atoms with E-state index in [1.165, 1.54) is 0 Å². The highest BCUT2D eigenvalue weighted by Crippen LogP contribution is 2.12. The van der Waals surface area contributed by atoms with Crippen LogP contribution in [0.25, 0.3) is 11.0 Å². The number of benzene rings is 1. The van der Waals surface area contributed by atoms with E-state index in [1.54, 1.807) is 11.2 Å². The van der Waals surface area contributed by atoms with Crippen LogP contribution in [0.1, 0.15) is 19.8 Å². The summed E-state index contributed by atoms with van der Waals surface area (Å²) in [4.78, 5) is 18.3. The minimum Gasteiger partial charge on any atom is -0.395 e. The van der Waals surface area contributed by atoms with Crippen LogP contribution in [0.15, 0.2) is 30.6 Å². The van der Waals surface area contributed by atoms with Gasteiger partial charge in [0.2, 0.25) is 5.91 Å². The summed E-state index contributed by atoms with van der Waals surface area (Å²) in [5.41, 5.74) is 1.85. The zero-order valence-electron chi connectivity index (χ0n) is 11.8. The summed E-state index contributed by atoms with van der Waals surface area (Å²) < 4.78 is 1.86. The van der Waals surface area contributed by atoms with E-state index in [4.69, 9.17) is 5.11 Å². The number of aliphatic hydroxyl groups is 1. The summed E-state index contributed by atoms with van der Waals surface area (Å²) in [7, 11) is 0. The fourth-order valence-electron chi connectivity index (χ4n) is 2.21. The lowest BCUT2D eigenvalue weighted by molar-refractivity contribution is -0.132. The Kier molecular flexibility index (Phi) is 5.12. The molecule has 0 saturated heterocycles. The molecule has 20 heavy (non-hydrogen) atoms. The Balaban J connectivity index is 2.08. The number of nitrogens with zero attached hydrogens (tertiary/aromatic N) is 3. The van der Waals surface area contributed by atoms with Crippen molar-refractivity contribution in [3.05, 3.63) is 30.6 Å². The SMILES string of the molecule is CCCCN(CCO)C(=O)Cn1cnc2ccccc21. The second kappa shape index (κ2) is 7.05. The summed E-state index contributed by atoms with van der Waals surface area (Å²) >= 11 is 0. The van der Waals surface area contributed by atoms with Gasteiger partial charge in [0.05, 0.1) is 24.0 Å². The Morgan fingerprint density at radius 3 is 2.90 bits per heavy atom. The summed E-state index contributed by atoms with van der Waals surface area (Å²) in [6.45, 7) is 3.45. The summed E-state index contributed by atoms with van der Waals surface area (Å²) in [5.74, 6) is 0.0238. The Hall–Kier alpha value is -1.88. The first-order chi connectivity index (χ1) is 9.76. The molecule has 1 aromatic carbocycles. The smallest absolute Gasteiger partial charge is 0.242 e. The van der Waals surface area contributed by atoms with Gasteiger partial charge in [-0.2, -0.15) is 0 Å². The van der Waals surface area contributed by atoms with Crippen LogP contribution in [-0.4, -0.2) is 45.2 Å². The van der Waals surface area contributed by atoms with Crippen molar-refractivity contribution in [1.29, 1.82) is 0 Å². The van der Waals surface area contributed by atoms with E-state index in [2.05, 4.69) is 11.9 Å². The molecule has 0 aliphatic heterocycles. The van der Waals surface area contributed by atoms with E-state index < -0.39 is 0 Å². The lowest BCUT2D eigenvalue weighted by atomic mass is 10.3. The molecule has 108 valence electrons. The zero-order chi connectivity index (χ0) is 14.4. The van der Waals surface area contributed by atoms with Crippen molar-refractivity contribution in [2.75, 3.05) is 19.7 Å². The fourth-order valence-corrected chi connectivity index (χ4v) is 2.21. The summed E-state index contributed by atoms with van der Waals surface area (Å²) in [5, 5.41) is 9.07. The highest BCUT2D eigenvalue weighted by Gasteiger charge is 2.14. The van der Waals surface area contributed by atoms with E-state index >= 15 is 0 Å². The third-order valence-electron chi connectivity index (χ3n) is 3.34. The molecule has 1 aromatic heterocycles. The van der Waals surface area contributed by atoms with E-state index in [0.717, 1.165) is 23.9 Å². The van der Waals surface area contributed by atoms with Crippen LogP contribution in [0, 0.1) is 0 Å². The van der Waals surface area contributed by atoms with Crippen LogP contribution in [0.2, 0.25) is 0 Å². The molecule has 2 aromatic rings. The van der Waals surface area contributed by atoms with Crippen LogP contribution in [0.5, 0.6) is 0 Å². The Labute approximate surface area is 118 Å². The third-order valence-corrected chi connectivity index (χ3v) is 3.34. The van der Waals surface area contributed by atoms with Gasteiger partial charge >= 0.3 is 0 Å². The van der Waals surface area contributed by atoms with E-state index in [9.17, 15) is 4.79 Å². The maximum atomic E-state index is 12.3. The Morgan fingerprint density at radius 1 is 1.35 bits per heavy atom. The number of fused-ring (bicyclic) bond motifs is 1. The molecule has 2 rings (SSSR count). The van der Waals surface area contributed by atoms with Crippen LogP contribution in [0.3, 0.4) is 0 Å². The minimum atomic E-state index is 0.000130. The first-order valence-corrected chi connectivity index (χ1v) is 7.04. The fraction of sp³-hybridized carbons (Fsp3) is 0.467. The molecular weight excluding hydrogens is 254 g/mol. The topological polar surface area (TPSA) is 58.4 Å². The van der Waals surface area contributed by atoms with E-state index in [0.29, 0.717) is 13.1 Å². The predicted molar refractivity (Wildman–Crippen MR) is 78.3 cm³/mol. The number of hydrogen-bond acceptors (Lipinski definition) is 3. The molecule has 1 heterocycles. The van der Waals surface area contributed by atoms with Crippen LogP contribution >= 0.6 is 0 Å². The highest BCUT2D eigenvalue weighted by molar-refractivity contribution is 5.80. The highest BCUT2D eigenvalue weighted by atomic mass is 16.3. The number of imidazole rings is 1. The molecule has 0 bridgehead atoms. The maximum absolute atomic E-state index is 12.3. The molecule has 0 atom stereocenters. The van der Waals surface area contributed by atoms with Crippen molar-refractivity contribution in [1.82, 2.24) is 14.5 Å². The van der Waals surface area contributed by atoms with Crippen LogP contribution < -0.4 is 0 Å². The van der Waals surface area contributed by atoms with Crippen molar-refractivity contribution in [2.45, 2.75) is 26.3 Å². The summed E-state index contributed by atoms with van der Waals surface area (Å²) in [6, 6.07) is 7.76. The van der Waals surface area contributed by atoms with Gasteiger partial charge in [-0.05, 0) is 18.6 Å². The van der Waals surface area contributed by atoms with E-state index in [1.807, 2.05) is 28.8 Å². The molecule has 0 aliphatic rings. The van der Waals surface area contributed by atoms with Crippen molar-refractivity contribution >= 4 is 16.9 Å². The molecule has 1 N–H and O–H groups in total. The van der Waals surface area contributed by atoms with Gasteiger partial charge in [-0.15, -0.1) is 0 Å². The molecular formula is C15H21N3O2. The monoisotopic (exact) mass is 275 g/mol. The normalized spacial score (nSPS) is 10.9. The molecule has 0 aliphatic carbocycles. The zero-order valence-corrected chi connectivity index (χ0v) is 11.8. The quantitative estimate of drug-likeness (QED) is 0.836. The molecule has 0 spiro atoms. The second-order valence-corrected chi connectivity index (χ2v) is 4.82. The first-order valence-electron chi connectivity index (χ1n) is 7.04. The molecule has 5 nitrogen and oxygen atoms in total. The second-order valence-electron chi connectivity index (χ2n) is 4.82. The number of hydrogen-bond donors (Lipinski definition) is 1. The average molecular weight is 275 g/mol. The number of carbonyl (C=O) groups excluding carboxylic acids is 1. The average Bonchev–Trinajstić information content (AvgIpc) is 2.87. The van der Waals surface area contributed by atoms with Gasteiger partial charge in [-0.25, -0.2) is 4.98 Å². The molecule has 1 amide bonds. The summed E-state index contributed by atoms with van der Waals surface area (Å²) in [6.07, 6.45) is 3.68. The van der Waals surface area contributed by atoms with Crippen molar-refractivity contribution in [3.8, 4) is 0 Å². The maximum Gasteiger partial charge on any atom is 0.242 e. The number of rotatable bonds is 7. The molecule has 0 saturated carbocycles. The predicted octanol–water partition coefficient (Wildman–Crippen LogP) is 1.66.